The summed E-state index contributed by atoms with van der Waals surface area (Å²) in [4.78, 5) is 27.9. The van der Waals surface area contributed by atoms with Crippen molar-refractivity contribution >= 4 is 23.2 Å². The number of hydrogen-bond donors (Lipinski definition) is 2. The molecule has 4 aromatic rings. The van der Waals surface area contributed by atoms with Crippen molar-refractivity contribution in [3.05, 3.63) is 107 Å². The minimum Gasteiger partial charge on any atom is -0.465 e. The van der Waals surface area contributed by atoms with Crippen LogP contribution in [0.2, 0.25) is 0 Å². The molecule has 0 unspecified atom stereocenters. The molecule has 1 aliphatic heterocycles. The Kier molecular flexibility index (Phi) is 7.56. The number of benzene rings is 3. The van der Waals surface area contributed by atoms with Crippen molar-refractivity contribution in [3.63, 3.8) is 0 Å². The van der Waals surface area contributed by atoms with Gasteiger partial charge in [0.1, 0.15) is 11.5 Å². The molecule has 0 atom stereocenters. The maximum absolute atomic E-state index is 13.0. The van der Waals surface area contributed by atoms with Crippen molar-refractivity contribution in [2.24, 2.45) is 0 Å². The average molecular weight is 510 g/mol. The van der Waals surface area contributed by atoms with Gasteiger partial charge in [0.2, 0.25) is 0 Å². The van der Waals surface area contributed by atoms with E-state index in [1.54, 1.807) is 12.1 Å². The fraction of sp³-hybridized carbons (Fsp3) is 0.226. The summed E-state index contributed by atoms with van der Waals surface area (Å²) in [6.07, 6.45) is 0. The van der Waals surface area contributed by atoms with Gasteiger partial charge in [-0.05, 0) is 91.2 Å². The Hall–Kier alpha value is -4.36. The third kappa shape index (κ3) is 5.95. The number of ether oxygens (including phenoxy) is 1. The number of carbonyl (C=O) groups is 2. The number of aryl methyl sites for hydroxylation is 2. The van der Waals surface area contributed by atoms with Crippen LogP contribution in [0.4, 0.5) is 11.4 Å². The molecule has 0 bridgehead atoms. The normalized spacial score (nSPS) is 13.3. The maximum Gasteiger partial charge on any atom is 0.255 e. The van der Waals surface area contributed by atoms with Crippen LogP contribution >= 0.6 is 0 Å². The van der Waals surface area contributed by atoms with E-state index in [1.165, 1.54) is 0 Å². The van der Waals surface area contributed by atoms with Crippen molar-refractivity contribution in [1.82, 2.24) is 5.32 Å². The summed E-state index contributed by atoms with van der Waals surface area (Å²) in [5.41, 5.74) is 5.92. The quantitative estimate of drug-likeness (QED) is 0.340. The molecule has 1 aliphatic rings. The van der Waals surface area contributed by atoms with Gasteiger partial charge in [0, 0.05) is 35.6 Å². The Morgan fingerprint density at radius 1 is 0.816 bits per heavy atom. The van der Waals surface area contributed by atoms with Crippen molar-refractivity contribution in [3.8, 4) is 11.1 Å². The molecular formula is C31H31N3O4. The van der Waals surface area contributed by atoms with Crippen molar-refractivity contribution < 1.29 is 18.7 Å². The first-order valence-electron chi connectivity index (χ1n) is 12.7. The largest absolute Gasteiger partial charge is 0.465 e. The summed E-state index contributed by atoms with van der Waals surface area (Å²) >= 11 is 0. The molecule has 0 spiro atoms. The van der Waals surface area contributed by atoms with Gasteiger partial charge in [-0.15, -0.1) is 0 Å². The Bertz CT molecular complexity index is 1420. The van der Waals surface area contributed by atoms with E-state index in [2.05, 4.69) is 15.5 Å². The number of nitrogens with zero attached hydrogens (tertiary/aromatic N) is 1. The lowest BCUT2D eigenvalue weighted by Gasteiger charge is -2.28. The molecule has 1 saturated heterocycles. The maximum atomic E-state index is 13.0. The van der Waals surface area contributed by atoms with Crippen LogP contribution in [-0.4, -0.2) is 38.1 Å². The van der Waals surface area contributed by atoms with E-state index in [1.807, 2.05) is 80.6 Å². The molecule has 38 heavy (non-hydrogen) atoms. The number of furan rings is 1. The highest BCUT2D eigenvalue weighted by Gasteiger charge is 2.14. The highest BCUT2D eigenvalue weighted by atomic mass is 16.5. The molecule has 2 heterocycles. The first-order valence-corrected chi connectivity index (χ1v) is 12.7. The van der Waals surface area contributed by atoms with Gasteiger partial charge in [0.25, 0.3) is 11.8 Å². The van der Waals surface area contributed by atoms with E-state index < -0.39 is 0 Å². The molecular weight excluding hydrogens is 478 g/mol. The van der Waals surface area contributed by atoms with Gasteiger partial charge >= 0.3 is 0 Å². The standard InChI is InChI=1S/C31H31N3O4/c1-21-3-5-25(31(36)33-26-10-12-27(13-11-26)34-15-17-37-18-16-34)19-29(21)23-6-8-24(9-7-23)30(35)32-20-28-14-4-22(2)38-28/h3-14,19H,15-18,20H2,1-2H3,(H,32,35)(H,33,36). The Labute approximate surface area is 222 Å². The molecule has 194 valence electrons. The van der Waals surface area contributed by atoms with Crippen molar-refractivity contribution in [1.29, 1.82) is 0 Å². The van der Waals surface area contributed by atoms with E-state index in [-0.39, 0.29) is 11.8 Å². The summed E-state index contributed by atoms with van der Waals surface area (Å²) in [5, 5.41) is 5.87. The lowest BCUT2D eigenvalue weighted by molar-refractivity contribution is 0.0947. The highest BCUT2D eigenvalue weighted by Crippen LogP contribution is 2.26. The van der Waals surface area contributed by atoms with Gasteiger partial charge < -0.3 is 24.7 Å². The van der Waals surface area contributed by atoms with E-state index >= 15 is 0 Å². The lowest BCUT2D eigenvalue weighted by atomic mass is 9.97. The highest BCUT2D eigenvalue weighted by molar-refractivity contribution is 6.05. The summed E-state index contributed by atoms with van der Waals surface area (Å²) in [7, 11) is 0. The van der Waals surface area contributed by atoms with Crippen LogP contribution in [-0.2, 0) is 11.3 Å². The van der Waals surface area contributed by atoms with Crippen LogP contribution in [0.15, 0.2) is 83.3 Å². The smallest absolute Gasteiger partial charge is 0.255 e. The second kappa shape index (κ2) is 11.4. The number of rotatable bonds is 7. The number of amides is 2. The number of nitrogens with one attached hydrogen (secondary N) is 2. The van der Waals surface area contributed by atoms with Crippen LogP contribution in [0.5, 0.6) is 0 Å². The molecule has 7 nitrogen and oxygen atoms in total. The Balaban J connectivity index is 1.24. The number of morpholine rings is 1. The minimum atomic E-state index is -0.172. The molecule has 2 amide bonds. The summed E-state index contributed by atoms with van der Waals surface area (Å²) in [6.45, 7) is 7.41. The summed E-state index contributed by atoms with van der Waals surface area (Å²) < 4.78 is 10.9. The fourth-order valence-electron chi connectivity index (χ4n) is 4.51. The minimum absolute atomic E-state index is 0.171. The lowest BCUT2D eigenvalue weighted by Crippen LogP contribution is -2.36. The average Bonchev–Trinajstić information content (AvgIpc) is 3.38. The molecule has 3 aromatic carbocycles. The fourth-order valence-corrected chi connectivity index (χ4v) is 4.51. The molecule has 7 heteroatoms. The SMILES string of the molecule is Cc1ccc(CNC(=O)c2ccc(-c3cc(C(=O)Nc4ccc(N5CCOCC5)cc4)ccc3C)cc2)o1. The zero-order chi connectivity index (χ0) is 26.5. The summed E-state index contributed by atoms with van der Waals surface area (Å²) in [5.74, 6) is 1.18. The van der Waals surface area contributed by atoms with Crippen LogP contribution in [0, 0.1) is 13.8 Å². The third-order valence-electron chi connectivity index (χ3n) is 6.68. The topological polar surface area (TPSA) is 83.8 Å². The Morgan fingerprint density at radius 3 is 2.21 bits per heavy atom. The van der Waals surface area contributed by atoms with Gasteiger partial charge in [-0.2, -0.15) is 0 Å². The van der Waals surface area contributed by atoms with E-state index in [4.69, 9.17) is 9.15 Å². The number of anilines is 2. The van der Waals surface area contributed by atoms with Gasteiger partial charge in [-0.1, -0.05) is 18.2 Å². The molecule has 2 N–H and O–H groups in total. The Morgan fingerprint density at radius 2 is 1.53 bits per heavy atom. The molecule has 1 fully saturated rings. The summed E-state index contributed by atoms with van der Waals surface area (Å²) in [6, 6.07) is 24.7. The van der Waals surface area contributed by atoms with Crippen LogP contribution in [0.3, 0.4) is 0 Å². The van der Waals surface area contributed by atoms with Gasteiger partial charge in [0.05, 0.1) is 19.8 Å². The molecule has 1 aromatic heterocycles. The van der Waals surface area contributed by atoms with Crippen molar-refractivity contribution in [2.75, 3.05) is 36.5 Å². The molecule has 0 radical (unpaired) electrons. The second-order valence-corrected chi connectivity index (χ2v) is 9.40. The van der Waals surface area contributed by atoms with E-state index in [9.17, 15) is 9.59 Å². The first kappa shape index (κ1) is 25.3. The first-order chi connectivity index (χ1) is 18.5. The van der Waals surface area contributed by atoms with Crippen LogP contribution < -0.4 is 15.5 Å². The molecule has 0 aliphatic carbocycles. The van der Waals surface area contributed by atoms with Gasteiger partial charge in [-0.3, -0.25) is 9.59 Å². The predicted octanol–water partition coefficient (Wildman–Crippen LogP) is 5.58. The molecule has 5 rings (SSSR count). The van der Waals surface area contributed by atoms with Gasteiger partial charge in [-0.25, -0.2) is 0 Å². The van der Waals surface area contributed by atoms with E-state index in [0.717, 1.165) is 60.1 Å². The second-order valence-electron chi connectivity index (χ2n) is 9.40. The van der Waals surface area contributed by atoms with Gasteiger partial charge in [0.15, 0.2) is 0 Å². The number of hydrogen-bond acceptors (Lipinski definition) is 5. The zero-order valence-electron chi connectivity index (χ0n) is 21.6. The van der Waals surface area contributed by atoms with E-state index in [0.29, 0.717) is 23.4 Å². The van der Waals surface area contributed by atoms with Crippen LogP contribution in [0.25, 0.3) is 11.1 Å². The van der Waals surface area contributed by atoms with Crippen molar-refractivity contribution in [2.45, 2.75) is 20.4 Å². The monoisotopic (exact) mass is 509 g/mol. The number of carbonyl (C=O) groups excluding carboxylic acids is 2. The zero-order valence-corrected chi connectivity index (χ0v) is 21.6. The van der Waals surface area contributed by atoms with Crippen LogP contribution in [0.1, 0.15) is 37.8 Å². The predicted molar refractivity (Wildman–Crippen MR) is 149 cm³/mol. The third-order valence-corrected chi connectivity index (χ3v) is 6.68. The molecule has 0 saturated carbocycles.